The lowest BCUT2D eigenvalue weighted by Gasteiger charge is -2.20. The van der Waals surface area contributed by atoms with Crippen LogP contribution >= 0.6 is 0 Å². The lowest BCUT2D eigenvalue weighted by molar-refractivity contribution is 0.381. The molecule has 22 heavy (non-hydrogen) atoms. The molecule has 0 aliphatic heterocycles. The third kappa shape index (κ3) is 3.49. The zero-order valence-electron chi connectivity index (χ0n) is 13.7. The first kappa shape index (κ1) is 15.1. The van der Waals surface area contributed by atoms with Crippen molar-refractivity contribution >= 4 is 6.21 Å². The van der Waals surface area contributed by atoms with Gasteiger partial charge in [-0.1, -0.05) is 66.8 Å². The van der Waals surface area contributed by atoms with Crippen LogP contribution in [0.4, 0.5) is 0 Å². The Bertz CT molecular complexity index is 586. The van der Waals surface area contributed by atoms with E-state index in [1.165, 1.54) is 54.4 Å². The van der Waals surface area contributed by atoms with Crippen molar-refractivity contribution < 1.29 is 0 Å². The average molecular weight is 294 g/mol. The minimum Gasteiger partial charge on any atom is -0.307 e. The molecule has 0 heterocycles. The zero-order valence-corrected chi connectivity index (χ0v) is 13.7. The Morgan fingerprint density at radius 1 is 1.00 bits per heavy atom. The second kappa shape index (κ2) is 6.95. The Morgan fingerprint density at radius 3 is 2.41 bits per heavy atom. The summed E-state index contributed by atoms with van der Waals surface area (Å²) in [5, 5.41) is 4.52. The molecule has 0 unspecified atom stereocenters. The van der Waals surface area contributed by atoms with Crippen LogP contribution in [0.2, 0.25) is 0 Å². The summed E-state index contributed by atoms with van der Waals surface area (Å²) >= 11 is 0. The highest BCUT2D eigenvalue weighted by molar-refractivity contribution is 5.82. The van der Waals surface area contributed by atoms with Gasteiger partial charge in [-0.15, -0.1) is 0 Å². The average Bonchev–Trinajstić information content (AvgIpc) is 2.88. The van der Waals surface area contributed by atoms with Crippen LogP contribution in [0, 0.1) is 0 Å². The highest BCUT2D eigenvalue weighted by atomic mass is 15.3. The molecule has 2 aliphatic rings. The Kier molecular flexibility index (Phi) is 4.77. The van der Waals surface area contributed by atoms with Crippen LogP contribution < -0.4 is 5.43 Å². The molecule has 1 aromatic rings. The maximum atomic E-state index is 4.52. The fourth-order valence-electron chi connectivity index (χ4n) is 3.41. The minimum absolute atomic E-state index is 0.386. The van der Waals surface area contributed by atoms with E-state index in [0.29, 0.717) is 12.0 Å². The molecule has 1 fully saturated rings. The summed E-state index contributed by atoms with van der Waals surface area (Å²) in [7, 11) is 0. The van der Waals surface area contributed by atoms with Gasteiger partial charge in [0.05, 0.1) is 6.21 Å². The van der Waals surface area contributed by atoms with Gasteiger partial charge in [-0.2, -0.15) is 5.10 Å². The molecule has 3 rings (SSSR count). The molecule has 0 amide bonds. The molecule has 0 radical (unpaired) electrons. The van der Waals surface area contributed by atoms with Crippen molar-refractivity contribution in [1.82, 2.24) is 5.43 Å². The summed E-state index contributed by atoms with van der Waals surface area (Å²) in [5.41, 5.74) is 8.67. The molecule has 1 saturated carbocycles. The maximum absolute atomic E-state index is 4.52. The first-order chi connectivity index (χ1) is 10.7. The van der Waals surface area contributed by atoms with Gasteiger partial charge in [0.2, 0.25) is 0 Å². The molecule has 2 nitrogen and oxygen atoms in total. The van der Waals surface area contributed by atoms with Gasteiger partial charge in [0, 0.05) is 12.0 Å². The normalized spacial score (nSPS) is 20.3. The Hall–Kier alpha value is -1.83. The quantitative estimate of drug-likeness (QED) is 0.618. The second-order valence-corrected chi connectivity index (χ2v) is 6.58. The van der Waals surface area contributed by atoms with Gasteiger partial charge in [0.15, 0.2) is 0 Å². The van der Waals surface area contributed by atoms with E-state index in [4.69, 9.17) is 0 Å². The smallest absolute Gasteiger partial charge is 0.0543 e. The zero-order chi connectivity index (χ0) is 15.4. The number of hydrogen-bond acceptors (Lipinski definition) is 2. The number of hydrazone groups is 1. The van der Waals surface area contributed by atoms with E-state index >= 15 is 0 Å². The summed E-state index contributed by atoms with van der Waals surface area (Å²) in [5.74, 6) is 0.386. The standard InChI is InChI=1S/C20H26N2/c1-15-12-18(13-16(15)2)20-11-7-6-8-17(20)14-21-22-19-9-4-3-5-10-19/h6-8,11-14,18-19,22H,3-5,9-10H2,1-2H3. The van der Waals surface area contributed by atoms with E-state index in [9.17, 15) is 0 Å². The number of allylic oxidation sites excluding steroid dienone is 4. The second-order valence-electron chi connectivity index (χ2n) is 6.58. The predicted octanol–water partition coefficient (Wildman–Crippen LogP) is 4.93. The molecule has 1 N–H and O–H groups in total. The Balaban J connectivity index is 1.71. The van der Waals surface area contributed by atoms with Crippen LogP contribution in [0.1, 0.15) is 63.0 Å². The van der Waals surface area contributed by atoms with Crippen molar-refractivity contribution in [1.29, 1.82) is 0 Å². The topological polar surface area (TPSA) is 24.4 Å². The molecule has 0 atom stereocenters. The largest absolute Gasteiger partial charge is 0.307 e. The fourth-order valence-corrected chi connectivity index (χ4v) is 3.41. The molecule has 2 heteroatoms. The first-order valence-electron chi connectivity index (χ1n) is 8.49. The predicted molar refractivity (Wildman–Crippen MR) is 94.3 cm³/mol. The molecule has 2 aliphatic carbocycles. The summed E-state index contributed by atoms with van der Waals surface area (Å²) in [6.07, 6.45) is 13.2. The van der Waals surface area contributed by atoms with E-state index in [0.717, 1.165) is 0 Å². The molecule has 0 spiro atoms. The minimum atomic E-state index is 0.386. The number of hydrogen-bond donors (Lipinski definition) is 1. The van der Waals surface area contributed by atoms with Gasteiger partial charge < -0.3 is 5.43 Å². The fraction of sp³-hybridized carbons (Fsp3) is 0.450. The summed E-state index contributed by atoms with van der Waals surface area (Å²) < 4.78 is 0. The number of nitrogens with zero attached hydrogens (tertiary/aromatic N) is 1. The number of nitrogens with one attached hydrogen (secondary N) is 1. The number of benzene rings is 1. The van der Waals surface area contributed by atoms with Crippen LogP contribution in [-0.2, 0) is 0 Å². The third-order valence-corrected chi connectivity index (χ3v) is 4.90. The van der Waals surface area contributed by atoms with Crippen molar-refractivity contribution in [2.75, 3.05) is 0 Å². The molecule has 0 saturated heterocycles. The summed E-state index contributed by atoms with van der Waals surface area (Å²) in [6, 6.07) is 9.14. The highest BCUT2D eigenvalue weighted by Crippen LogP contribution is 2.32. The summed E-state index contributed by atoms with van der Waals surface area (Å²) in [4.78, 5) is 0. The third-order valence-electron chi connectivity index (χ3n) is 4.90. The van der Waals surface area contributed by atoms with E-state index in [1.807, 2.05) is 6.21 Å². The molecule has 116 valence electrons. The summed E-state index contributed by atoms with van der Waals surface area (Å²) in [6.45, 7) is 4.38. The van der Waals surface area contributed by atoms with Gasteiger partial charge in [-0.05, 0) is 37.8 Å². The molecule has 0 aromatic heterocycles. The van der Waals surface area contributed by atoms with Crippen LogP contribution in [0.5, 0.6) is 0 Å². The van der Waals surface area contributed by atoms with Crippen LogP contribution in [0.3, 0.4) is 0 Å². The van der Waals surface area contributed by atoms with Crippen LogP contribution in [0.25, 0.3) is 0 Å². The maximum Gasteiger partial charge on any atom is 0.0543 e. The molecular formula is C20H26N2. The monoisotopic (exact) mass is 294 g/mol. The first-order valence-corrected chi connectivity index (χ1v) is 8.49. The van der Waals surface area contributed by atoms with E-state index in [-0.39, 0.29) is 0 Å². The van der Waals surface area contributed by atoms with E-state index in [2.05, 4.69) is 60.8 Å². The highest BCUT2D eigenvalue weighted by Gasteiger charge is 2.16. The van der Waals surface area contributed by atoms with Crippen molar-refractivity contribution in [3.05, 3.63) is 58.7 Å². The van der Waals surface area contributed by atoms with E-state index < -0.39 is 0 Å². The van der Waals surface area contributed by atoms with Crippen LogP contribution in [0.15, 0.2) is 52.7 Å². The van der Waals surface area contributed by atoms with Gasteiger partial charge in [-0.3, -0.25) is 0 Å². The van der Waals surface area contributed by atoms with Gasteiger partial charge in [-0.25, -0.2) is 0 Å². The molecular weight excluding hydrogens is 268 g/mol. The van der Waals surface area contributed by atoms with Crippen molar-refractivity contribution in [3.63, 3.8) is 0 Å². The molecule has 0 bridgehead atoms. The van der Waals surface area contributed by atoms with Crippen molar-refractivity contribution in [2.45, 2.75) is 57.9 Å². The SMILES string of the molecule is CC1=CC(c2ccccc2C=NNC2CCCCC2)C=C1C. The van der Waals surface area contributed by atoms with Gasteiger partial charge >= 0.3 is 0 Å². The lowest BCUT2D eigenvalue weighted by Crippen LogP contribution is -2.26. The Labute approximate surface area is 134 Å². The Morgan fingerprint density at radius 2 is 1.68 bits per heavy atom. The van der Waals surface area contributed by atoms with Crippen molar-refractivity contribution in [3.8, 4) is 0 Å². The lowest BCUT2D eigenvalue weighted by atomic mass is 9.95. The number of rotatable bonds is 4. The van der Waals surface area contributed by atoms with Crippen molar-refractivity contribution in [2.24, 2.45) is 5.10 Å². The van der Waals surface area contributed by atoms with Crippen LogP contribution in [-0.4, -0.2) is 12.3 Å². The molecule has 1 aromatic carbocycles. The van der Waals surface area contributed by atoms with E-state index in [1.54, 1.807) is 0 Å². The van der Waals surface area contributed by atoms with Gasteiger partial charge in [0.25, 0.3) is 0 Å². The van der Waals surface area contributed by atoms with Gasteiger partial charge in [0.1, 0.15) is 0 Å².